The van der Waals surface area contributed by atoms with Gasteiger partial charge in [-0.2, -0.15) is 0 Å². The third kappa shape index (κ3) is 46.7. The standard InChI is InChI=1S/C48H88N6O14/c1-2-3-18-27-49-42(56)22-19-29-51-45(59)38-67-36-35-66-33-31-53-46(60)39-68-37-34-65-32-30-52-43(57)26-25-40(48(63)64)54-44(58)23-20-28-50-41(55)21-16-14-12-10-8-6-4-5-7-9-11-13-15-17-24-47(61)62/h40H,2-39H2,1H3,(H,49,56)(H,50,55)(H,51,59)(H,52,57)(H,53,60)(H,54,58)(H,61,62)(H,63,64). The van der Waals surface area contributed by atoms with Crippen molar-refractivity contribution in [2.24, 2.45) is 0 Å². The number of hydrogen-bond donors (Lipinski definition) is 8. The van der Waals surface area contributed by atoms with E-state index in [2.05, 4.69) is 38.8 Å². The Morgan fingerprint density at radius 3 is 1.21 bits per heavy atom. The number of carbonyl (C=O) groups excluding carboxylic acids is 6. The number of nitrogens with one attached hydrogen (secondary N) is 6. The summed E-state index contributed by atoms with van der Waals surface area (Å²) in [4.78, 5) is 94.4. The molecule has 0 aliphatic heterocycles. The predicted molar refractivity (Wildman–Crippen MR) is 257 cm³/mol. The first-order valence-electron chi connectivity index (χ1n) is 25.3. The first-order chi connectivity index (χ1) is 32.9. The summed E-state index contributed by atoms with van der Waals surface area (Å²) < 4.78 is 21.3. The van der Waals surface area contributed by atoms with Crippen LogP contribution >= 0.6 is 0 Å². The van der Waals surface area contributed by atoms with E-state index in [0.717, 1.165) is 64.2 Å². The van der Waals surface area contributed by atoms with Crippen LogP contribution in [0.1, 0.15) is 167 Å². The third-order valence-electron chi connectivity index (χ3n) is 10.6. The van der Waals surface area contributed by atoms with Gasteiger partial charge < -0.3 is 61.1 Å². The van der Waals surface area contributed by atoms with Crippen LogP contribution in [0.4, 0.5) is 0 Å². The van der Waals surface area contributed by atoms with Crippen LogP contribution in [0.3, 0.4) is 0 Å². The van der Waals surface area contributed by atoms with E-state index in [0.29, 0.717) is 45.3 Å². The molecule has 0 saturated carbocycles. The number of unbranched alkanes of at least 4 members (excludes halogenated alkanes) is 15. The van der Waals surface area contributed by atoms with E-state index >= 15 is 0 Å². The fraction of sp³-hybridized carbons (Fsp3) is 0.833. The number of carboxylic acids is 2. The largest absolute Gasteiger partial charge is 0.481 e. The molecule has 0 spiro atoms. The smallest absolute Gasteiger partial charge is 0.326 e. The highest BCUT2D eigenvalue weighted by Crippen LogP contribution is 2.14. The Morgan fingerprint density at radius 2 is 0.735 bits per heavy atom. The van der Waals surface area contributed by atoms with Crippen molar-refractivity contribution < 1.29 is 67.5 Å². The number of rotatable bonds is 50. The van der Waals surface area contributed by atoms with Gasteiger partial charge in [0.25, 0.3) is 0 Å². The summed E-state index contributed by atoms with van der Waals surface area (Å²) in [5, 5.41) is 34.3. The number of carboxylic acid groups (broad SMARTS) is 2. The minimum atomic E-state index is -1.25. The van der Waals surface area contributed by atoms with E-state index in [9.17, 15) is 43.5 Å². The maximum Gasteiger partial charge on any atom is 0.326 e. The molecular weight excluding hydrogens is 885 g/mol. The fourth-order valence-electron chi connectivity index (χ4n) is 6.70. The van der Waals surface area contributed by atoms with Crippen molar-refractivity contribution in [2.75, 3.05) is 85.6 Å². The average Bonchev–Trinajstić information content (AvgIpc) is 3.30. The maximum atomic E-state index is 12.4. The number of aliphatic carboxylic acids is 2. The lowest BCUT2D eigenvalue weighted by Crippen LogP contribution is -2.42. The molecule has 394 valence electrons. The Kier molecular flexibility index (Phi) is 44.6. The van der Waals surface area contributed by atoms with Crippen LogP contribution in [0.15, 0.2) is 0 Å². The monoisotopic (exact) mass is 973 g/mol. The average molecular weight is 973 g/mol. The molecule has 0 fully saturated rings. The molecule has 1 atom stereocenters. The minimum absolute atomic E-state index is 0.0156. The van der Waals surface area contributed by atoms with Crippen LogP contribution in [0, 0.1) is 0 Å². The molecule has 0 aromatic rings. The highest BCUT2D eigenvalue weighted by Gasteiger charge is 2.21. The van der Waals surface area contributed by atoms with Crippen LogP contribution in [0.25, 0.3) is 0 Å². The molecule has 0 aliphatic rings. The van der Waals surface area contributed by atoms with E-state index in [1.165, 1.54) is 44.9 Å². The second kappa shape index (κ2) is 47.7. The zero-order chi connectivity index (χ0) is 50.1. The van der Waals surface area contributed by atoms with Gasteiger partial charge in [0, 0.05) is 64.8 Å². The molecule has 20 heteroatoms. The van der Waals surface area contributed by atoms with Gasteiger partial charge >= 0.3 is 11.9 Å². The summed E-state index contributed by atoms with van der Waals surface area (Å²) in [5.74, 6) is -3.51. The summed E-state index contributed by atoms with van der Waals surface area (Å²) in [6, 6.07) is -1.23. The predicted octanol–water partition coefficient (Wildman–Crippen LogP) is 4.06. The lowest BCUT2D eigenvalue weighted by molar-refractivity contribution is -0.142. The second-order valence-corrected chi connectivity index (χ2v) is 16.8. The van der Waals surface area contributed by atoms with Gasteiger partial charge in [-0.15, -0.1) is 0 Å². The van der Waals surface area contributed by atoms with Crippen molar-refractivity contribution in [1.82, 2.24) is 31.9 Å². The van der Waals surface area contributed by atoms with Gasteiger partial charge in [0.05, 0.1) is 39.6 Å². The normalized spacial score (nSPS) is 11.4. The molecule has 20 nitrogen and oxygen atoms in total. The Hall–Kier alpha value is -4.40. The molecule has 6 amide bonds. The van der Waals surface area contributed by atoms with Crippen molar-refractivity contribution in [3.05, 3.63) is 0 Å². The lowest BCUT2D eigenvalue weighted by atomic mass is 10.0. The SMILES string of the molecule is CCCCCNC(=O)CCCNC(=O)COCCOCCNC(=O)COCCOCCNC(=O)CCC(NC(=O)CCCNC(=O)CCCCCCCCCCCCCCCCC(=O)O)C(=O)O. The molecule has 0 aliphatic carbocycles. The van der Waals surface area contributed by atoms with E-state index in [1.807, 2.05) is 0 Å². The van der Waals surface area contributed by atoms with Crippen LogP contribution in [0.2, 0.25) is 0 Å². The van der Waals surface area contributed by atoms with Crippen molar-refractivity contribution in [3.63, 3.8) is 0 Å². The van der Waals surface area contributed by atoms with E-state index in [1.54, 1.807) is 0 Å². The Morgan fingerprint density at radius 1 is 0.368 bits per heavy atom. The first-order valence-corrected chi connectivity index (χ1v) is 25.3. The highest BCUT2D eigenvalue weighted by molar-refractivity contribution is 5.84. The molecule has 0 heterocycles. The van der Waals surface area contributed by atoms with Gasteiger partial charge in [0.1, 0.15) is 19.3 Å². The third-order valence-corrected chi connectivity index (χ3v) is 10.6. The van der Waals surface area contributed by atoms with Crippen molar-refractivity contribution in [3.8, 4) is 0 Å². The molecule has 68 heavy (non-hydrogen) atoms. The summed E-state index contributed by atoms with van der Waals surface area (Å²) in [6.07, 6.45) is 20.5. The summed E-state index contributed by atoms with van der Waals surface area (Å²) in [5.41, 5.74) is 0. The van der Waals surface area contributed by atoms with Crippen LogP contribution in [-0.4, -0.2) is 149 Å². The Labute approximate surface area is 405 Å². The molecule has 0 rings (SSSR count). The molecule has 0 radical (unpaired) electrons. The van der Waals surface area contributed by atoms with E-state index in [-0.39, 0.29) is 115 Å². The van der Waals surface area contributed by atoms with E-state index in [4.69, 9.17) is 24.1 Å². The molecule has 0 aromatic carbocycles. The zero-order valence-corrected chi connectivity index (χ0v) is 41.2. The molecular formula is C48H88N6O14. The zero-order valence-electron chi connectivity index (χ0n) is 41.2. The van der Waals surface area contributed by atoms with Gasteiger partial charge in [0.2, 0.25) is 35.4 Å². The molecule has 1 unspecified atom stereocenters. The van der Waals surface area contributed by atoms with E-state index < -0.39 is 29.8 Å². The maximum absolute atomic E-state index is 12.4. The number of carbonyl (C=O) groups is 8. The van der Waals surface area contributed by atoms with Gasteiger partial charge in [-0.1, -0.05) is 96.8 Å². The number of hydrogen-bond acceptors (Lipinski definition) is 12. The summed E-state index contributed by atoms with van der Waals surface area (Å²) in [7, 11) is 0. The van der Waals surface area contributed by atoms with Crippen molar-refractivity contribution in [2.45, 2.75) is 173 Å². The summed E-state index contributed by atoms with van der Waals surface area (Å²) in [6.45, 7) is 4.84. The quantitative estimate of drug-likeness (QED) is 0.0400. The van der Waals surface area contributed by atoms with Crippen molar-refractivity contribution >= 4 is 47.4 Å². The Balaban J connectivity index is 3.68. The van der Waals surface area contributed by atoms with Crippen LogP contribution in [0.5, 0.6) is 0 Å². The topological polar surface area (TPSA) is 286 Å². The molecule has 0 aromatic heterocycles. The van der Waals surface area contributed by atoms with Gasteiger partial charge in [-0.3, -0.25) is 33.6 Å². The first kappa shape index (κ1) is 63.6. The Bertz CT molecular complexity index is 1360. The number of amides is 6. The fourth-order valence-corrected chi connectivity index (χ4v) is 6.70. The summed E-state index contributed by atoms with van der Waals surface area (Å²) >= 11 is 0. The van der Waals surface area contributed by atoms with Gasteiger partial charge in [-0.05, 0) is 38.5 Å². The molecule has 0 bridgehead atoms. The van der Waals surface area contributed by atoms with Crippen LogP contribution in [-0.2, 0) is 57.3 Å². The molecule has 0 saturated heterocycles. The highest BCUT2D eigenvalue weighted by atomic mass is 16.5. The number of ether oxygens (including phenoxy) is 4. The lowest BCUT2D eigenvalue weighted by Gasteiger charge is -2.14. The van der Waals surface area contributed by atoms with Gasteiger partial charge in [-0.25, -0.2) is 4.79 Å². The second-order valence-electron chi connectivity index (χ2n) is 16.8. The van der Waals surface area contributed by atoms with Crippen LogP contribution < -0.4 is 31.9 Å². The molecule has 8 N–H and O–H groups in total. The van der Waals surface area contributed by atoms with Crippen molar-refractivity contribution in [1.29, 1.82) is 0 Å². The van der Waals surface area contributed by atoms with Gasteiger partial charge in [0.15, 0.2) is 0 Å². The minimum Gasteiger partial charge on any atom is -0.481 e.